The first-order valence-electron chi connectivity index (χ1n) is 3.63. The van der Waals surface area contributed by atoms with Crippen LogP contribution in [0.5, 0.6) is 0 Å². The number of carbonyl (C=O) groups is 1. The summed E-state index contributed by atoms with van der Waals surface area (Å²) in [7, 11) is 0. The van der Waals surface area contributed by atoms with Crippen LogP contribution in [0.4, 0.5) is 0 Å². The van der Waals surface area contributed by atoms with Gasteiger partial charge >= 0.3 is 5.97 Å². The van der Waals surface area contributed by atoms with Crippen LogP contribution in [-0.4, -0.2) is 23.2 Å². The number of hydrogen-bond acceptors (Lipinski definition) is 2. The van der Waals surface area contributed by atoms with E-state index in [4.69, 9.17) is 5.11 Å². The minimum absolute atomic E-state index is 0. The van der Waals surface area contributed by atoms with Crippen molar-refractivity contribution in [3.05, 3.63) is 0 Å². The van der Waals surface area contributed by atoms with Gasteiger partial charge in [0.25, 0.3) is 0 Å². The van der Waals surface area contributed by atoms with Gasteiger partial charge in [0.2, 0.25) is 0 Å². The molecule has 0 spiro atoms. The van der Waals surface area contributed by atoms with Gasteiger partial charge in [-0.2, -0.15) is 0 Å². The van der Waals surface area contributed by atoms with E-state index in [1.807, 2.05) is 0 Å². The van der Waals surface area contributed by atoms with Crippen molar-refractivity contribution in [2.24, 2.45) is 0 Å². The number of carboxylic acid groups (broad SMARTS) is 1. The molecule has 0 bridgehead atoms. The van der Waals surface area contributed by atoms with E-state index in [-0.39, 0.29) is 12.4 Å². The van der Waals surface area contributed by atoms with E-state index in [1.54, 1.807) is 6.92 Å². The lowest BCUT2D eigenvalue weighted by molar-refractivity contribution is -0.141. The molecule has 68 valence electrons. The maximum Gasteiger partial charge on any atom is 0.336 e. The number of aliphatic carboxylic acids is 1. The van der Waals surface area contributed by atoms with Crippen LogP contribution >= 0.6 is 12.4 Å². The zero-order valence-electron chi connectivity index (χ0n) is 6.89. The molecule has 3 nitrogen and oxygen atoms in total. The SMILES string of the molecule is CC#C[C@]1(C(=O)O)CCCN1.Cl. The molecule has 0 aliphatic carbocycles. The normalized spacial score (nSPS) is 26.8. The van der Waals surface area contributed by atoms with Gasteiger partial charge in [0, 0.05) is 0 Å². The van der Waals surface area contributed by atoms with Crippen molar-refractivity contribution in [2.75, 3.05) is 6.54 Å². The van der Waals surface area contributed by atoms with E-state index in [0.717, 1.165) is 13.0 Å². The lowest BCUT2D eigenvalue weighted by atomic mass is 9.99. The smallest absolute Gasteiger partial charge is 0.336 e. The number of halogens is 1. The highest BCUT2D eigenvalue weighted by Crippen LogP contribution is 2.18. The van der Waals surface area contributed by atoms with Crippen molar-refractivity contribution in [3.63, 3.8) is 0 Å². The van der Waals surface area contributed by atoms with Gasteiger partial charge in [-0.05, 0) is 26.3 Å². The fourth-order valence-corrected chi connectivity index (χ4v) is 1.30. The van der Waals surface area contributed by atoms with Gasteiger partial charge in [0.05, 0.1) is 0 Å². The summed E-state index contributed by atoms with van der Waals surface area (Å²) in [4.78, 5) is 10.7. The summed E-state index contributed by atoms with van der Waals surface area (Å²) in [5.41, 5.74) is -0.950. The number of carboxylic acids is 1. The number of nitrogens with one attached hydrogen (secondary N) is 1. The standard InChI is InChI=1S/C8H11NO2.ClH/c1-2-4-8(7(10)11)5-3-6-9-8;/h9H,3,5-6H2,1H3,(H,10,11);1H/t8-;/m1./s1. The second-order valence-electron chi connectivity index (χ2n) is 2.62. The highest BCUT2D eigenvalue weighted by molar-refractivity contribution is 5.85. The zero-order valence-corrected chi connectivity index (χ0v) is 7.70. The maximum atomic E-state index is 10.7. The molecule has 1 rings (SSSR count). The third-order valence-electron chi connectivity index (χ3n) is 1.86. The summed E-state index contributed by atoms with van der Waals surface area (Å²) in [6, 6.07) is 0. The molecule has 0 unspecified atom stereocenters. The van der Waals surface area contributed by atoms with Crippen molar-refractivity contribution >= 4 is 18.4 Å². The fourth-order valence-electron chi connectivity index (χ4n) is 1.30. The first-order valence-corrected chi connectivity index (χ1v) is 3.63. The summed E-state index contributed by atoms with van der Waals surface area (Å²) in [5.74, 6) is 4.48. The lowest BCUT2D eigenvalue weighted by Crippen LogP contribution is -2.46. The lowest BCUT2D eigenvalue weighted by Gasteiger charge is -2.16. The second-order valence-corrected chi connectivity index (χ2v) is 2.62. The van der Waals surface area contributed by atoms with E-state index < -0.39 is 11.5 Å². The molecule has 0 aromatic rings. The molecule has 2 N–H and O–H groups in total. The Hall–Kier alpha value is -0.720. The van der Waals surface area contributed by atoms with Gasteiger partial charge in [0.15, 0.2) is 5.54 Å². The molecule has 0 saturated carbocycles. The molecule has 0 amide bonds. The van der Waals surface area contributed by atoms with Crippen molar-refractivity contribution in [1.29, 1.82) is 0 Å². The maximum absolute atomic E-state index is 10.7. The van der Waals surface area contributed by atoms with E-state index in [2.05, 4.69) is 17.2 Å². The van der Waals surface area contributed by atoms with Crippen molar-refractivity contribution < 1.29 is 9.90 Å². The van der Waals surface area contributed by atoms with Crippen molar-refractivity contribution in [3.8, 4) is 11.8 Å². The molecule has 1 atom stereocenters. The van der Waals surface area contributed by atoms with Crippen LogP contribution in [0, 0.1) is 11.8 Å². The van der Waals surface area contributed by atoms with Gasteiger partial charge in [-0.15, -0.1) is 18.3 Å². The quantitative estimate of drug-likeness (QED) is 0.596. The second kappa shape index (κ2) is 4.34. The summed E-state index contributed by atoms with van der Waals surface area (Å²) >= 11 is 0. The van der Waals surface area contributed by atoms with Gasteiger partial charge in [0.1, 0.15) is 0 Å². The largest absolute Gasteiger partial charge is 0.479 e. The Bertz CT molecular complexity index is 223. The average molecular weight is 190 g/mol. The molecule has 0 radical (unpaired) electrons. The van der Waals surface area contributed by atoms with Gasteiger partial charge in [-0.3, -0.25) is 5.32 Å². The third kappa shape index (κ3) is 1.90. The van der Waals surface area contributed by atoms with Gasteiger partial charge in [-0.25, -0.2) is 4.79 Å². The molecule has 4 heteroatoms. The Balaban J connectivity index is 0.00000121. The molecule has 1 fully saturated rings. The van der Waals surface area contributed by atoms with Crippen LogP contribution < -0.4 is 5.32 Å². The Kier molecular flexibility index (Phi) is 4.08. The van der Waals surface area contributed by atoms with Crippen LogP contribution in [0.2, 0.25) is 0 Å². The van der Waals surface area contributed by atoms with Crippen LogP contribution in [0.15, 0.2) is 0 Å². The molecular formula is C8H12ClNO2. The first kappa shape index (κ1) is 11.3. The monoisotopic (exact) mass is 189 g/mol. The molecule has 12 heavy (non-hydrogen) atoms. The molecule has 1 heterocycles. The Morgan fingerprint density at radius 3 is 2.67 bits per heavy atom. The molecule has 1 aliphatic rings. The third-order valence-corrected chi connectivity index (χ3v) is 1.86. The minimum atomic E-state index is -0.950. The number of rotatable bonds is 1. The summed E-state index contributed by atoms with van der Waals surface area (Å²) in [5, 5.41) is 11.7. The van der Waals surface area contributed by atoms with Gasteiger partial charge in [-0.1, -0.05) is 5.92 Å². The Labute approximate surface area is 77.9 Å². The number of hydrogen-bond donors (Lipinski definition) is 2. The molecular weight excluding hydrogens is 178 g/mol. The van der Waals surface area contributed by atoms with Gasteiger partial charge < -0.3 is 5.11 Å². The molecule has 0 aromatic carbocycles. The van der Waals surface area contributed by atoms with E-state index in [9.17, 15) is 4.79 Å². The van der Waals surface area contributed by atoms with Crippen LogP contribution in [0.25, 0.3) is 0 Å². The van der Waals surface area contributed by atoms with E-state index in [0.29, 0.717) is 6.42 Å². The van der Waals surface area contributed by atoms with Crippen LogP contribution in [0.1, 0.15) is 19.8 Å². The zero-order chi connectivity index (χ0) is 8.32. The van der Waals surface area contributed by atoms with Crippen molar-refractivity contribution in [2.45, 2.75) is 25.3 Å². The summed E-state index contributed by atoms with van der Waals surface area (Å²) in [6.45, 7) is 2.41. The highest BCUT2D eigenvalue weighted by atomic mass is 35.5. The Morgan fingerprint density at radius 2 is 2.33 bits per heavy atom. The topological polar surface area (TPSA) is 49.3 Å². The highest BCUT2D eigenvalue weighted by Gasteiger charge is 2.39. The average Bonchev–Trinajstić information content (AvgIpc) is 2.38. The van der Waals surface area contributed by atoms with Crippen LogP contribution in [-0.2, 0) is 4.79 Å². The van der Waals surface area contributed by atoms with E-state index in [1.165, 1.54) is 0 Å². The van der Waals surface area contributed by atoms with E-state index >= 15 is 0 Å². The Morgan fingerprint density at radius 1 is 1.67 bits per heavy atom. The predicted octanol–water partition coefficient (Wildman–Crippen LogP) is 0.638. The predicted molar refractivity (Wildman–Crippen MR) is 48.3 cm³/mol. The molecule has 1 aliphatic heterocycles. The molecule has 0 aromatic heterocycles. The fraction of sp³-hybridized carbons (Fsp3) is 0.625. The van der Waals surface area contributed by atoms with Crippen LogP contribution in [0.3, 0.4) is 0 Å². The van der Waals surface area contributed by atoms with Crippen molar-refractivity contribution in [1.82, 2.24) is 5.32 Å². The summed E-state index contributed by atoms with van der Waals surface area (Å²) in [6.07, 6.45) is 1.50. The summed E-state index contributed by atoms with van der Waals surface area (Å²) < 4.78 is 0. The first-order chi connectivity index (χ1) is 5.21. The minimum Gasteiger partial charge on any atom is -0.479 e. The molecule has 1 saturated heterocycles.